The highest BCUT2D eigenvalue weighted by Crippen LogP contribution is 2.21. The summed E-state index contributed by atoms with van der Waals surface area (Å²) in [5.41, 5.74) is 8.45. The van der Waals surface area contributed by atoms with E-state index in [1.54, 1.807) is 0 Å². The van der Waals surface area contributed by atoms with Crippen LogP contribution in [0.4, 0.5) is 11.5 Å². The summed E-state index contributed by atoms with van der Waals surface area (Å²) in [5.74, 6) is -0.227. The van der Waals surface area contributed by atoms with Gasteiger partial charge in [0.2, 0.25) is 0 Å². The average molecular weight is 242 g/mol. The molecule has 1 aromatic heterocycles. The van der Waals surface area contributed by atoms with Gasteiger partial charge in [0.25, 0.3) is 5.91 Å². The molecule has 0 radical (unpaired) electrons. The van der Waals surface area contributed by atoms with Gasteiger partial charge in [0.1, 0.15) is 0 Å². The minimum Gasteiger partial charge on any atom is -0.364 e. The number of rotatable bonds is 3. The highest BCUT2D eigenvalue weighted by Gasteiger charge is 2.11. The molecule has 0 aliphatic carbocycles. The van der Waals surface area contributed by atoms with E-state index in [-0.39, 0.29) is 5.69 Å². The van der Waals surface area contributed by atoms with Crippen LogP contribution in [0.2, 0.25) is 0 Å². The maximum Gasteiger partial charge on any atom is 0.271 e. The van der Waals surface area contributed by atoms with Crippen molar-refractivity contribution in [3.8, 4) is 0 Å². The molecule has 0 fully saturated rings. The van der Waals surface area contributed by atoms with Crippen LogP contribution in [0.15, 0.2) is 30.6 Å². The Labute approximate surface area is 105 Å². The van der Waals surface area contributed by atoms with E-state index in [2.05, 4.69) is 15.3 Å². The fraction of sp³-hybridized carbons (Fsp3) is 0.154. The Bertz CT molecular complexity index is 595. The molecule has 5 nitrogen and oxygen atoms in total. The fourth-order valence-corrected chi connectivity index (χ4v) is 1.61. The van der Waals surface area contributed by atoms with Crippen molar-refractivity contribution in [2.45, 2.75) is 13.8 Å². The largest absolute Gasteiger partial charge is 0.364 e. The van der Waals surface area contributed by atoms with Crippen molar-refractivity contribution in [3.63, 3.8) is 0 Å². The second-order valence-corrected chi connectivity index (χ2v) is 4.06. The third-order valence-corrected chi connectivity index (χ3v) is 2.58. The fourth-order valence-electron chi connectivity index (χ4n) is 1.61. The van der Waals surface area contributed by atoms with Crippen molar-refractivity contribution in [2.75, 3.05) is 5.32 Å². The third-order valence-electron chi connectivity index (χ3n) is 2.58. The number of hydrogen-bond donors (Lipinski definition) is 2. The molecular formula is C13H14N4O. The Morgan fingerprint density at radius 1 is 1.22 bits per heavy atom. The normalized spacial score (nSPS) is 10.1. The Balaban J connectivity index is 2.40. The lowest BCUT2D eigenvalue weighted by Gasteiger charge is -2.11. The second-order valence-electron chi connectivity index (χ2n) is 4.06. The van der Waals surface area contributed by atoms with Crippen molar-refractivity contribution in [2.24, 2.45) is 5.73 Å². The molecule has 0 spiro atoms. The van der Waals surface area contributed by atoms with Crippen molar-refractivity contribution in [1.29, 1.82) is 0 Å². The van der Waals surface area contributed by atoms with Crippen molar-refractivity contribution < 1.29 is 4.79 Å². The van der Waals surface area contributed by atoms with Crippen LogP contribution in [0.3, 0.4) is 0 Å². The van der Waals surface area contributed by atoms with E-state index in [9.17, 15) is 4.79 Å². The van der Waals surface area contributed by atoms with Crippen molar-refractivity contribution >= 4 is 17.4 Å². The number of benzene rings is 1. The van der Waals surface area contributed by atoms with Crippen LogP contribution in [0.25, 0.3) is 0 Å². The van der Waals surface area contributed by atoms with Crippen molar-refractivity contribution in [3.05, 3.63) is 47.4 Å². The summed E-state index contributed by atoms with van der Waals surface area (Å²) in [6.45, 7) is 3.97. The molecule has 1 aromatic carbocycles. The number of nitrogens with zero attached hydrogens (tertiary/aromatic N) is 2. The van der Waals surface area contributed by atoms with E-state index in [4.69, 9.17) is 5.73 Å². The summed E-state index contributed by atoms with van der Waals surface area (Å²) in [4.78, 5) is 19.3. The summed E-state index contributed by atoms with van der Waals surface area (Å²) in [5, 5.41) is 3.09. The molecule has 0 unspecified atom stereocenters. The Hall–Kier alpha value is -2.43. The van der Waals surface area contributed by atoms with E-state index in [0.717, 1.165) is 16.8 Å². The number of carbonyl (C=O) groups is 1. The molecule has 3 N–H and O–H groups in total. The number of hydrogen-bond acceptors (Lipinski definition) is 4. The summed E-state index contributed by atoms with van der Waals surface area (Å²) in [6.07, 6.45) is 2.95. The maximum absolute atomic E-state index is 11.2. The van der Waals surface area contributed by atoms with Gasteiger partial charge in [-0.25, -0.2) is 9.97 Å². The second kappa shape index (κ2) is 4.83. The van der Waals surface area contributed by atoms with Gasteiger partial charge in [-0.05, 0) is 31.0 Å². The quantitative estimate of drug-likeness (QED) is 0.861. The lowest BCUT2D eigenvalue weighted by atomic mass is 10.1. The van der Waals surface area contributed by atoms with E-state index in [1.165, 1.54) is 12.4 Å². The number of carbonyl (C=O) groups excluding carboxylic acids is 1. The van der Waals surface area contributed by atoms with Gasteiger partial charge in [-0.15, -0.1) is 0 Å². The average Bonchev–Trinajstić information content (AvgIpc) is 2.34. The summed E-state index contributed by atoms with van der Waals surface area (Å²) < 4.78 is 0. The van der Waals surface area contributed by atoms with Crippen LogP contribution in [-0.4, -0.2) is 15.9 Å². The van der Waals surface area contributed by atoms with E-state index in [0.29, 0.717) is 5.82 Å². The van der Waals surface area contributed by atoms with Gasteiger partial charge in [-0.3, -0.25) is 4.79 Å². The number of anilines is 2. The number of nitrogens with one attached hydrogen (secondary N) is 1. The number of aromatic nitrogens is 2. The minimum atomic E-state index is -0.601. The molecule has 18 heavy (non-hydrogen) atoms. The first-order chi connectivity index (χ1) is 8.58. The van der Waals surface area contributed by atoms with Crippen LogP contribution in [0.5, 0.6) is 0 Å². The van der Waals surface area contributed by atoms with Crippen LogP contribution < -0.4 is 11.1 Å². The molecule has 2 rings (SSSR count). The Kier molecular flexibility index (Phi) is 3.23. The molecule has 92 valence electrons. The predicted octanol–water partition coefficient (Wildman–Crippen LogP) is 1.94. The SMILES string of the molecule is Cc1ccc(C)c(Nc2nccnc2C(N)=O)c1. The monoisotopic (exact) mass is 242 g/mol. The van der Waals surface area contributed by atoms with Crippen LogP contribution in [0, 0.1) is 13.8 Å². The first kappa shape index (κ1) is 12.0. The first-order valence-electron chi connectivity index (χ1n) is 5.53. The standard InChI is InChI=1S/C13H14N4O/c1-8-3-4-9(2)10(7-8)17-13-11(12(14)18)15-5-6-16-13/h3-7H,1-2H3,(H2,14,18)(H,16,17). The summed E-state index contributed by atoms with van der Waals surface area (Å²) in [7, 11) is 0. The highest BCUT2D eigenvalue weighted by atomic mass is 16.1. The van der Waals surface area contributed by atoms with Gasteiger partial charge in [0.15, 0.2) is 11.5 Å². The molecule has 5 heteroatoms. The number of primary amides is 1. The lowest BCUT2D eigenvalue weighted by Crippen LogP contribution is -2.16. The van der Waals surface area contributed by atoms with E-state index in [1.807, 2.05) is 32.0 Å². The Morgan fingerprint density at radius 2 is 1.94 bits per heavy atom. The lowest BCUT2D eigenvalue weighted by molar-refractivity contribution is 0.0996. The molecule has 0 aliphatic heterocycles. The van der Waals surface area contributed by atoms with Gasteiger partial charge in [0.05, 0.1) is 0 Å². The van der Waals surface area contributed by atoms with Crippen LogP contribution in [0.1, 0.15) is 21.6 Å². The van der Waals surface area contributed by atoms with Gasteiger partial charge >= 0.3 is 0 Å². The molecule has 0 saturated heterocycles. The molecule has 1 amide bonds. The molecule has 1 heterocycles. The third kappa shape index (κ3) is 2.45. The zero-order valence-corrected chi connectivity index (χ0v) is 10.3. The number of nitrogens with two attached hydrogens (primary N) is 1. The predicted molar refractivity (Wildman–Crippen MR) is 69.7 cm³/mol. The van der Waals surface area contributed by atoms with Gasteiger partial charge in [-0.2, -0.15) is 0 Å². The zero-order chi connectivity index (χ0) is 13.1. The highest BCUT2D eigenvalue weighted by molar-refractivity contribution is 5.96. The van der Waals surface area contributed by atoms with E-state index < -0.39 is 5.91 Å². The van der Waals surface area contributed by atoms with Crippen LogP contribution >= 0.6 is 0 Å². The molecule has 0 bridgehead atoms. The minimum absolute atomic E-state index is 0.137. The molecule has 2 aromatic rings. The first-order valence-corrected chi connectivity index (χ1v) is 5.53. The number of amides is 1. The van der Waals surface area contributed by atoms with Crippen LogP contribution in [-0.2, 0) is 0 Å². The maximum atomic E-state index is 11.2. The Morgan fingerprint density at radius 3 is 2.67 bits per heavy atom. The zero-order valence-electron chi connectivity index (χ0n) is 10.3. The van der Waals surface area contributed by atoms with Gasteiger partial charge in [-0.1, -0.05) is 12.1 Å². The molecule has 0 saturated carbocycles. The van der Waals surface area contributed by atoms with Gasteiger partial charge < -0.3 is 11.1 Å². The number of aryl methyl sites for hydroxylation is 2. The topological polar surface area (TPSA) is 80.9 Å². The summed E-state index contributed by atoms with van der Waals surface area (Å²) in [6, 6.07) is 6.00. The molecular weight excluding hydrogens is 228 g/mol. The smallest absolute Gasteiger partial charge is 0.271 e. The molecule has 0 aliphatic rings. The summed E-state index contributed by atoms with van der Waals surface area (Å²) >= 11 is 0. The van der Waals surface area contributed by atoms with E-state index >= 15 is 0 Å². The van der Waals surface area contributed by atoms with Gasteiger partial charge in [0, 0.05) is 18.1 Å². The molecule has 0 atom stereocenters. The van der Waals surface area contributed by atoms with Crippen molar-refractivity contribution in [1.82, 2.24) is 9.97 Å².